The highest BCUT2D eigenvalue weighted by Crippen LogP contribution is 2.53. The van der Waals surface area contributed by atoms with Crippen LogP contribution in [-0.2, 0) is 11.8 Å². The molecule has 2 aromatic heterocycles. The largest absolute Gasteiger partial charge is 0.456 e. The summed E-state index contributed by atoms with van der Waals surface area (Å²) in [4.78, 5) is 0. The van der Waals surface area contributed by atoms with E-state index in [0.29, 0.717) is 0 Å². The van der Waals surface area contributed by atoms with Crippen LogP contribution in [0.5, 0.6) is 0 Å². The standard InChI is InChI=1S/C58H38O2/c1-58(2)52-32-41(40-19-24-57-51(30-40)49-28-37(17-22-55(49)60-57)35-11-7-4-8-12-35)15-20-44(52)47-31-43-25-42-14-13-38(26-45(42)46(43)33-53(47)58)39-18-23-56-50(29-39)48-27-36(16-21-54(48)59-56)34-9-5-3-6-10-34/h3-24,26-33H,25H2,1-2H3. The van der Waals surface area contributed by atoms with Crippen LogP contribution < -0.4 is 0 Å². The van der Waals surface area contributed by atoms with Gasteiger partial charge in [-0.05, 0) is 168 Å². The topological polar surface area (TPSA) is 26.3 Å². The molecule has 13 rings (SSSR count). The number of benzene rings is 9. The molecule has 0 unspecified atom stereocenters. The third kappa shape index (κ3) is 4.94. The Balaban J connectivity index is 0.855. The van der Waals surface area contributed by atoms with Gasteiger partial charge in [0, 0.05) is 27.0 Å². The van der Waals surface area contributed by atoms with Gasteiger partial charge in [0.15, 0.2) is 0 Å². The lowest BCUT2D eigenvalue weighted by atomic mass is 9.80. The van der Waals surface area contributed by atoms with Crippen LogP contribution in [0, 0.1) is 0 Å². The molecule has 0 bridgehead atoms. The van der Waals surface area contributed by atoms with Crippen molar-refractivity contribution in [3.05, 3.63) is 204 Å². The van der Waals surface area contributed by atoms with E-state index in [9.17, 15) is 0 Å². The summed E-state index contributed by atoms with van der Waals surface area (Å²) in [5.41, 5.74) is 24.2. The Morgan fingerprint density at radius 3 is 1.27 bits per heavy atom. The Hall–Kier alpha value is -7.42. The van der Waals surface area contributed by atoms with Crippen LogP contribution in [0.15, 0.2) is 191 Å². The fraction of sp³-hybridized carbons (Fsp3) is 0.0690. The number of rotatable bonds is 4. The third-order valence-electron chi connectivity index (χ3n) is 13.5. The lowest BCUT2D eigenvalue weighted by molar-refractivity contribution is 0.660. The van der Waals surface area contributed by atoms with Gasteiger partial charge in [-0.2, -0.15) is 0 Å². The van der Waals surface area contributed by atoms with E-state index in [0.717, 1.165) is 50.3 Å². The van der Waals surface area contributed by atoms with Gasteiger partial charge in [-0.3, -0.25) is 0 Å². The molecule has 2 nitrogen and oxygen atoms in total. The fourth-order valence-electron chi connectivity index (χ4n) is 10.3. The van der Waals surface area contributed by atoms with Gasteiger partial charge in [-0.25, -0.2) is 0 Å². The highest BCUT2D eigenvalue weighted by atomic mass is 16.3. The Morgan fingerprint density at radius 2 is 0.733 bits per heavy atom. The molecule has 0 radical (unpaired) electrons. The average molecular weight is 767 g/mol. The molecule has 0 saturated heterocycles. The SMILES string of the molecule is CC1(C)c2cc(-c3ccc4oc5ccc(-c6ccccc6)cc5c4c3)ccc2-c2cc3c(cc21)-c1cc(-c2ccc4oc5ccc(-c6ccccc6)cc5c4c2)ccc1C3. The number of hydrogen-bond donors (Lipinski definition) is 0. The Bertz CT molecular complexity index is 3580. The summed E-state index contributed by atoms with van der Waals surface area (Å²) in [5.74, 6) is 0. The molecule has 0 amide bonds. The summed E-state index contributed by atoms with van der Waals surface area (Å²) in [6, 6.07) is 66.6. The molecule has 0 N–H and O–H groups in total. The van der Waals surface area contributed by atoms with Crippen molar-refractivity contribution in [3.8, 4) is 66.8 Å². The van der Waals surface area contributed by atoms with Crippen molar-refractivity contribution < 1.29 is 8.83 Å². The van der Waals surface area contributed by atoms with Crippen molar-refractivity contribution in [1.29, 1.82) is 0 Å². The molecule has 2 aliphatic carbocycles. The van der Waals surface area contributed by atoms with Gasteiger partial charge in [-0.15, -0.1) is 0 Å². The summed E-state index contributed by atoms with van der Waals surface area (Å²) < 4.78 is 12.6. The lowest BCUT2D eigenvalue weighted by Crippen LogP contribution is -2.15. The predicted molar refractivity (Wildman–Crippen MR) is 249 cm³/mol. The van der Waals surface area contributed by atoms with Gasteiger partial charge in [0.25, 0.3) is 0 Å². The maximum absolute atomic E-state index is 6.32. The van der Waals surface area contributed by atoms with E-state index in [2.05, 4.69) is 196 Å². The third-order valence-corrected chi connectivity index (χ3v) is 13.5. The molecule has 2 heteroatoms. The summed E-state index contributed by atoms with van der Waals surface area (Å²) >= 11 is 0. The van der Waals surface area contributed by atoms with Crippen LogP contribution >= 0.6 is 0 Å². The number of furan rings is 2. The van der Waals surface area contributed by atoms with Crippen molar-refractivity contribution in [2.75, 3.05) is 0 Å². The summed E-state index contributed by atoms with van der Waals surface area (Å²) in [6.45, 7) is 4.79. The fourth-order valence-corrected chi connectivity index (χ4v) is 10.3. The van der Waals surface area contributed by atoms with Crippen molar-refractivity contribution in [3.63, 3.8) is 0 Å². The molecule has 0 saturated carbocycles. The van der Waals surface area contributed by atoms with Crippen molar-refractivity contribution in [2.45, 2.75) is 25.7 Å². The molecule has 9 aromatic carbocycles. The molecular weight excluding hydrogens is 729 g/mol. The van der Waals surface area contributed by atoms with E-state index in [1.165, 1.54) is 89.0 Å². The highest BCUT2D eigenvalue weighted by Gasteiger charge is 2.37. The zero-order valence-electron chi connectivity index (χ0n) is 33.3. The lowest BCUT2D eigenvalue weighted by Gasteiger charge is -2.23. The second-order valence-corrected chi connectivity index (χ2v) is 17.3. The van der Waals surface area contributed by atoms with Gasteiger partial charge < -0.3 is 8.83 Å². The normalized spacial score (nSPS) is 13.6. The molecule has 60 heavy (non-hydrogen) atoms. The van der Waals surface area contributed by atoms with Crippen molar-refractivity contribution in [1.82, 2.24) is 0 Å². The molecule has 0 atom stereocenters. The second kappa shape index (κ2) is 12.3. The molecular formula is C58H38O2. The van der Waals surface area contributed by atoms with Crippen LogP contribution in [-0.4, -0.2) is 0 Å². The van der Waals surface area contributed by atoms with E-state index < -0.39 is 0 Å². The summed E-state index contributed by atoms with van der Waals surface area (Å²) in [7, 11) is 0. The molecule has 11 aromatic rings. The van der Waals surface area contributed by atoms with Gasteiger partial charge in [0.1, 0.15) is 22.3 Å². The quantitative estimate of drug-likeness (QED) is 0.178. The first-order valence-corrected chi connectivity index (χ1v) is 20.9. The van der Waals surface area contributed by atoms with E-state index >= 15 is 0 Å². The minimum atomic E-state index is -0.154. The Labute approximate surface area is 348 Å². The van der Waals surface area contributed by atoms with Crippen LogP contribution in [0.3, 0.4) is 0 Å². The smallest absolute Gasteiger partial charge is 0.135 e. The van der Waals surface area contributed by atoms with Crippen LogP contribution in [0.25, 0.3) is 111 Å². The van der Waals surface area contributed by atoms with E-state index in [-0.39, 0.29) is 5.41 Å². The average Bonchev–Trinajstić information content (AvgIpc) is 4.02. The predicted octanol–water partition coefficient (Wildman–Crippen LogP) is 16.0. The van der Waals surface area contributed by atoms with Crippen LogP contribution in [0.4, 0.5) is 0 Å². The van der Waals surface area contributed by atoms with Gasteiger partial charge in [0.2, 0.25) is 0 Å². The van der Waals surface area contributed by atoms with Gasteiger partial charge in [-0.1, -0.05) is 123 Å². The Kier molecular flexibility index (Phi) is 6.88. The number of hydrogen-bond acceptors (Lipinski definition) is 2. The van der Waals surface area contributed by atoms with E-state index in [1.807, 2.05) is 0 Å². The molecule has 0 spiro atoms. The molecule has 0 aliphatic heterocycles. The van der Waals surface area contributed by atoms with Crippen molar-refractivity contribution in [2.24, 2.45) is 0 Å². The Morgan fingerprint density at radius 1 is 0.317 bits per heavy atom. The van der Waals surface area contributed by atoms with Crippen molar-refractivity contribution >= 4 is 43.9 Å². The molecule has 2 heterocycles. The monoisotopic (exact) mass is 766 g/mol. The summed E-state index contributed by atoms with van der Waals surface area (Å²) in [6.07, 6.45) is 0.949. The number of fused-ring (bicyclic) bond motifs is 12. The van der Waals surface area contributed by atoms with E-state index in [1.54, 1.807) is 0 Å². The minimum Gasteiger partial charge on any atom is -0.456 e. The maximum atomic E-state index is 6.32. The van der Waals surface area contributed by atoms with E-state index in [4.69, 9.17) is 8.83 Å². The zero-order chi connectivity index (χ0) is 39.7. The highest BCUT2D eigenvalue weighted by molar-refractivity contribution is 6.09. The van der Waals surface area contributed by atoms with Gasteiger partial charge >= 0.3 is 0 Å². The van der Waals surface area contributed by atoms with Crippen LogP contribution in [0.2, 0.25) is 0 Å². The van der Waals surface area contributed by atoms with Gasteiger partial charge in [0.05, 0.1) is 0 Å². The maximum Gasteiger partial charge on any atom is 0.135 e. The van der Waals surface area contributed by atoms with Crippen LogP contribution in [0.1, 0.15) is 36.1 Å². The molecule has 282 valence electrons. The first-order chi connectivity index (χ1) is 29.4. The zero-order valence-corrected chi connectivity index (χ0v) is 33.3. The summed E-state index contributed by atoms with van der Waals surface area (Å²) in [5, 5.41) is 4.59. The molecule has 0 fully saturated rings. The first kappa shape index (κ1) is 33.5. The molecule has 2 aliphatic rings. The first-order valence-electron chi connectivity index (χ1n) is 20.9. The second-order valence-electron chi connectivity index (χ2n) is 17.3. The minimum absolute atomic E-state index is 0.154.